The van der Waals surface area contributed by atoms with Gasteiger partial charge < -0.3 is 10.6 Å². The first kappa shape index (κ1) is 16.2. The zero-order chi connectivity index (χ0) is 16.9. The van der Waals surface area contributed by atoms with E-state index in [4.69, 9.17) is 0 Å². The van der Waals surface area contributed by atoms with Gasteiger partial charge >= 0.3 is 6.03 Å². The number of aryl methyl sites for hydroxylation is 1. The molecule has 0 saturated heterocycles. The maximum Gasteiger partial charge on any atom is 0.319 e. The lowest BCUT2D eigenvalue weighted by Crippen LogP contribution is -2.32. The van der Waals surface area contributed by atoms with Gasteiger partial charge in [0.25, 0.3) is 0 Å². The molecule has 2 heterocycles. The number of aromatic nitrogens is 3. The summed E-state index contributed by atoms with van der Waals surface area (Å²) in [7, 11) is 0. The number of amides is 2. The summed E-state index contributed by atoms with van der Waals surface area (Å²) in [5.41, 5.74) is 2.46. The van der Waals surface area contributed by atoms with Gasteiger partial charge in [0.05, 0.1) is 22.1 Å². The highest BCUT2D eigenvalue weighted by Gasteiger charge is 2.12. The van der Waals surface area contributed by atoms with Crippen molar-refractivity contribution in [1.29, 1.82) is 0 Å². The van der Waals surface area contributed by atoms with Crippen LogP contribution in [0.15, 0.2) is 48.1 Å². The van der Waals surface area contributed by atoms with Gasteiger partial charge in [-0.1, -0.05) is 19.1 Å². The van der Waals surface area contributed by atoms with Crippen molar-refractivity contribution in [3.8, 4) is 5.69 Å². The molecule has 1 atom stereocenters. The van der Waals surface area contributed by atoms with E-state index < -0.39 is 0 Å². The third-order valence-electron chi connectivity index (χ3n) is 3.56. The normalized spacial score (nSPS) is 11.9. The molecule has 3 rings (SSSR count). The Hall–Kier alpha value is -2.67. The largest absolute Gasteiger partial charge is 0.337 e. The van der Waals surface area contributed by atoms with E-state index in [-0.39, 0.29) is 11.9 Å². The summed E-state index contributed by atoms with van der Waals surface area (Å²) < 4.78 is 1.75. The maximum absolute atomic E-state index is 12.2. The van der Waals surface area contributed by atoms with Gasteiger partial charge in [0, 0.05) is 30.2 Å². The van der Waals surface area contributed by atoms with E-state index in [0.29, 0.717) is 12.2 Å². The Labute approximate surface area is 144 Å². The number of nitrogens with zero attached hydrogens (tertiary/aromatic N) is 3. The van der Waals surface area contributed by atoms with Crippen LogP contribution in [-0.2, 0) is 0 Å². The zero-order valence-electron chi connectivity index (χ0n) is 13.6. The molecular formula is C17H19N5OS. The predicted molar refractivity (Wildman–Crippen MR) is 95.9 cm³/mol. The summed E-state index contributed by atoms with van der Waals surface area (Å²) in [4.78, 5) is 16.5. The Balaban J connectivity index is 1.64. The minimum Gasteiger partial charge on any atom is -0.337 e. The van der Waals surface area contributed by atoms with Crippen molar-refractivity contribution in [1.82, 2.24) is 20.1 Å². The fourth-order valence-electron chi connectivity index (χ4n) is 2.31. The summed E-state index contributed by atoms with van der Waals surface area (Å²) >= 11 is 1.59. The summed E-state index contributed by atoms with van der Waals surface area (Å²) in [6.07, 6.45) is 3.65. The molecule has 0 aliphatic heterocycles. The number of anilines is 1. The molecule has 2 aromatic heterocycles. The highest BCUT2D eigenvalue weighted by molar-refractivity contribution is 7.09. The van der Waals surface area contributed by atoms with Crippen molar-refractivity contribution < 1.29 is 4.79 Å². The van der Waals surface area contributed by atoms with Crippen LogP contribution >= 0.6 is 11.3 Å². The molecule has 24 heavy (non-hydrogen) atoms. The van der Waals surface area contributed by atoms with Crippen LogP contribution in [0.25, 0.3) is 5.69 Å². The number of carbonyl (C=O) groups excluding carboxylic acids is 1. The Morgan fingerprint density at radius 2 is 2.17 bits per heavy atom. The first-order valence-corrected chi connectivity index (χ1v) is 8.57. The molecule has 7 heteroatoms. The summed E-state index contributed by atoms with van der Waals surface area (Å²) in [5.74, 6) is 0.180. The molecule has 2 amide bonds. The van der Waals surface area contributed by atoms with E-state index in [2.05, 4.69) is 20.7 Å². The molecule has 0 bridgehead atoms. The van der Waals surface area contributed by atoms with Crippen molar-refractivity contribution in [3.05, 3.63) is 58.8 Å². The van der Waals surface area contributed by atoms with Crippen molar-refractivity contribution in [3.63, 3.8) is 0 Å². The molecule has 0 aliphatic carbocycles. The Kier molecular flexibility index (Phi) is 4.90. The van der Waals surface area contributed by atoms with Crippen LogP contribution in [0.2, 0.25) is 0 Å². The monoisotopic (exact) mass is 341 g/mol. The molecule has 3 aromatic rings. The lowest BCUT2D eigenvalue weighted by molar-refractivity contribution is 0.251. The van der Waals surface area contributed by atoms with Gasteiger partial charge in [-0.3, -0.25) is 0 Å². The summed E-state index contributed by atoms with van der Waals surface area (Å²) in [6, 6.07) is 9.26. The molecular weight excluding hydrogens is 322 g/mol. The number of benzene rings is 1. The minimum atomic E-state index is -0.241. The number of para-hydroxylation sites is 2. The average Bonchev–Trinajstić information content (AvgIpc) is 3.25. The second-order valence-electron chi connectivity index (χ2n) is 5.53. The number of urea groups is 1. The predicted octanol–water partition coefficient (Wildman–Crippen LogP) is 3.56. The third kappa shape index (κ3) is 3.80. The topological polar surface area (TPSA) is 71.8 Å². The first-order chi connectivity index (χ1) is 11.6. The zero-order valence-corrected chi connectivity index (χ0v) is 14.4. The van der Waals surface area contributed by atoms with Crippen LogP contribution in [0.4, 0.5) is 10.5 Å². The minimum absolute atomic E-state index is 0.180. The molecule has 1 aromatic carbocycles. The molecule has 0 radical (unpaired) electrons. The van der Waals surface area contributed by atoms with E-state index in [1.807, 2.05) is 55.8 Å². The van der Waals surface area contributed by atoms with Crippen LogP contribution in [0, 0.1) is 6.92 Å². The van der Waals surface area contributed by atoms with Crippen LogP contribution in [0.3, 0.4) is 0 Å². The third-order valence-corrected chi connectivity index (χ3v) is 4.57. The van der Waals surface area contributed by atoms with Crippen molar-refractivity contribution in [2.75, 3.05) is 11.9 Å². The lowest BCUT2D eigenvalue weighted by Gasteiger charge is -2.13. The van der Waals surface area contributed by atoms with Crippen molar-refractivity contribution in [2.45, 2.75) is 19.8 Å². The van der Waals surface area contributed by atoms with Crippen LogP contribution < -0.4 is 10.6 Å². The van der Waals surface area contributed by atoms with E-state index in [0.717, 1.165) is 16.4 Å². The van der Waals surface area contributed by atoms with E-state index in [1.54, 1.807) is 22.2 Å². The van der Waals surface area contributed by atoms with E-state index in [1.165, 1.54) is 0 Å². The van der Waals surface area contributed by atoms with Gasteiger partial charge in [0.1, 0.15) is 0 Å². The van der Waals surface area contributed by atoms with Crippen LogP contribution in [0.5, 0.6) is 0 Å². The van der Waals surface area contributed by atoms with Gasteiger partial charge in [-0.05, 0) is 25.1 Å². The first-order valence-electron chi connectivity index (χ1n) is 7.69. The molecule has 2 N–H and O–H groups in total. The Morgan fingerprint density at radius 1 is 1.33 bits per heavy atom. The second-order valence-corrected chi connectivity index (χ2v) is 6.45. The number of carbonyl (C=O) groups is 1. The molecule has 0 fully saturated rings. The number of nitrogens with one attached hydrogen (secondary N) is 2. The fraction of sp³-hybridized carbons (Fsp3) is 0.235. The highest BCUT2D eigenvalue weighted by atomic mass is 32.1. The number of rotatable bonds is 5. The second kappa shape index (κ2) is 7.27. The smallest absolute Gasteiger partial charge is 0.319 e. The molecule has 124 valence electrons. The molecule has 0 unspecified atom stereocenters. The Bertz CT molecular complexity index is 812. The van der Waals surface area contributed by atoms with Crippen LogP contribution in [0.1, 0.15) is 23.5 Å². The SMILES string of the molecule is Cc1ccn(-c2ccccc2NC(=O)NC[C@H](C)c2nccs2)n1. The van der Waals surface area contributed by atoms with Gasteiger partial charge in [0.15, 0.2) is 0 Å². The lowest BCUT2D eigenvalue weighted by atomic mass is 10.2. The van der Waals surface area contributed by atoms with E-state index in [9.17, 15) is 4.79 Å². The van der Waals surface area contributed by atoms with Gasteiger partial charge in [-0.15, -0.1) is 11.3 Å². The van der Waals surface area contributed by atoms with Gasteiger partial charge in [-0.25, -0.2) is 14.5 Å². The van der Waals surface area contributed by atoms with Crippen molar-refractivity contribution >= 4 is 23.1 Å². The summed E-state index contributed by atoms with van der Waals surface area (Å²) in [6.45, 7) is 4.50. The maximum atomic E-state index is 12.2. The molecule has 6 nitrogen and oxygen atoms in total. The number of hydrogen-bond donors (Lipinski definition) is 2. The van der Waals surface area contributed by atoms with Gasteiger partial charge in [0.2, 0.25) is 0 Å². The Morgan fingerprint density at radius 3 is 2.88 bits per heavy atom. The summed E-state index contributed by atoms with van der Waals surface area (Å²) in [5, 5.41) is 13.1. The number of hydrogen-bond acceptors (Lipinski definition) is 4. The quantitative estimate of drug-likeness (QED) is 0.745. The molecule has 0 saturated carbocycles. The highest BCUT2D eigenvalue weighted by Crippen LogP contribution is 2.20. The molecule has 0 aliphatic rings. The van der Waals surface area contributed by atoms with Gasteiger partial charge in [-0.2, -0.15) is 5.10 Å². The van der Waals surface area contributed by atoms with Crippen molar-refractivity contribution in [2.24, 2.45) is 0 Å². The van der Waals surface area contributed by atoms with E-state index >= 15 is 0 Å². The fourth-order valence-corrected chi connectivity index (χ4v) is 3.00. The standard InChI is InChI=1S/C17H19N5OS/c1-12(16-18-8-10-24-16)11-19-17(23)20-14-5-3-4-6-15(14)22-9-7-13(2)21-22/h3-10,12H,11H2,1-2H3,(H2,19,20,23)/t12-/m0/s1. The van der Waals surface area contributed by atoms with Crippen LogP contribution in [-0.4, -0.2) is 27.3 Å². The number of thiazole rings is 1. The average molecular weight is 341 g/mol. The molecule has 0 spiro atoms.